The molecule has 0 radical (unpaired) electrons. The standard InChI is InChI=1S/C21H28Cl2N4O3/c1-2-5-24-19(28)14-25-7-9-26(10-8-25)21(30)18-4-3-6-27(18)20(29)15-11-16(22)13-17(23)12-15/h11-13,18H,2-10,14H2,1H3,(H,24,28). The van der Waals surface area contributed by atoms with Gasteiger partial charge in [0.1, 0.15) is 6.04 Å². The van der Waals surface area contributed by atoms with Crippen LogP contribution in [0, 0.1) is 0 Å². The number of benzene rings is 1. The van der Waals surface area contributed by atoms with E-state index in [0.29, 0.717) is 67.8 Å². The Morgan fingerprint density at radius 2 is 1.70 bits per heavy atom. The molecule has 0 aliphatic carbocycles. The molecule has 2 fully saturated rings. The number of hydrogen-bond donors (Lipinski definition) is 1. The van der Waals surface area contributed by atoms with Gasteiger partial charge in [0.25, 0.3) is 5.91 Å². The van der Waals surface area contributed by atoms with Crippen molar-refractivity contribution in [3.05, 3.63) is 33.8 Å². The van der Waals surface area contributed by atoms with Crippen molar-refractivity contribution in [3.8, 4) is 0 Å². The van der Waals surface area contributed by atoms with E-state index in [1.165, 1.54) is 0 Å². The zero-order chi connectivity index (χ0) is 21.7. The second-order valence-corrected chi connectivity index (χ2v) is 8.64. The molecule has 3 amide bonds. The highest BCUT2D eigenvalue weighted by atomic mass is 35.5. The number of piperazine rings is 1. The molecule has 1 atom stereocenters. The SMILES string of the molecule is CCCNC(=O)CN1CCN(C(=O)C2CCCN2C(=O)c2cc(Cl)cc(Cl)c2)CC1. The summed E-state index contributed by atoms with van der Waals surface area (Å²) in [5.74, 6) is -0.227. The Bertz CT molecular complexity index is 776. The molecule has 2 aliphatic heterocycles. The lowest BCUT2D eigenvalue weighted by atomic mass is 10.1. The zero-order valence-corrected chi connectivity index (χ0v) is 18.7. The van der Waals surface area contributed by atoms with E-state index in [9.17, 15) is 14.4 Å². The van der Waals surface area contributed by atoms with Gasteiger partial charge in [0.05, 0.1) is 6.54 Å². The monoisotopic (exact) mass is 454 g/mol. The first kappa shape index (κ1) is 22.8. The zero-order valence-electron chi connectivity index (χ0n) is 17.2. The van der Waals surface area contributed by atoms with E-state index < -0.39 is 6.04 Å². The number of amides is 3. The van der Waals surface area contributed by atoms with Crippen molar-refractivity contribution in [2.45, 2.75) is 32.2 Å². The van der Waals surface area contributed by atoms with Crippen molar-refractivity contribution >= 4 is 40.9 Å². The van der Waals surface area contributed by atoms with Crippen LogP contribution in [0.1, 0.15) is 36.5 Å². The van der Waals surface area contributed by atoms with Crippen molar-refractivity contribution in [2.75, 3.05) is 45.8 Å². The number of likely N-dealkylation sites (tertiary alicyclic amines) is 1. The lowest BCUT2D eigenvalue weighted by Gasteiger charge is -2.37. The number of nitrogens with zero attached hydrogens (tertiary/aromatic N) is 3. The first-order valence-corrected chi connectivity index (χ1v) is 11.2. The summed E-state index contributed by atoms with van der Waals surface area (Å²) in [5.41, 5.74) is 0.398. The van der Waals surface area contributed by atoms with Gasteiger partial charge in [0.15, 0.2) is 0 Å². The van der Waals surface area contributed by atoms with Gasteiger partial charge >= 0.3 is 0 Å². The molecule has 2 saturated heterocycles. The van der Waals surface area contributed by atoms with Crippen molar-refractivity contribution in [1.82, 2.24) is 20.0 Å². The van der Waals surface area contributed by atoms with E-state index in [1.807, 2.05) is 11.8 Å². The van der Waals surface area contributed by atoms with Gasteiger partial charge in [-0.2, -0.15) is 0 Å². The Labute approximate surface area is 187 Å². The Morgan fingerprint density at radius 1 is 1.03 bits per heavy atom. The highest BCUT2D eigenvalue weighted by molar-refractivity contribution is 6.35. The summed E-state index contributed by atoms with van der Waals surface area (Å²) in [6.45, 7) is 6.00. The minimum Gasteiger partial charge on any atom is -0.355 e. The number of rotatable bonds is 6. The Hall–Kier alpha value is -1.83. The Kier molecular flexibility index (Phi) is 7.97. The van der Waals surface area contributed by atoms with Gasteiger partial charge < -0.3 is 15.1 Å². The molecule has 2 heterocycles. The van der Waals surface area contributed by atoms with E-state index in [-0.39, 0.29) is 17.7 Å². The van der Waals surface area contributed by atoms with Crippen molar-refractivity contribution in [3.63, 3.8) is 0 Å². The van der Waals surface area contributed by atoms with Crippen LogP contribution in [0.25, 0.3) is 0 Å². The number of carbonyl (C=O) groups excluding carboxylic acids is 3. The van der Waals surface area contributed by atoms with Gasteiger partial charge in [-0.05, 0) is 37.5 Å². The average molecular weight is 455 g/mol. The molecule has 30 heavy (non-hydrogen) atoms. The first-order chi connectivity index (χ1) is 14.4. The maximum absolute atomic E-state index is 13.1. The third-order valence-electron chi connectivity index (χ3n) is 5.53. The van der Waals surface area contributed by atoms with Crippen LogP contribution < -0.4 is 5.32 Å². The van der Waals surface area contributed by atoms with E-state index in [1.54, 1.807) is 23.1 Å². The predicted octanol–water partition coefficient (Wildman–Crippen LogP) is 2.27. The summed E-state index contributed by atoms with van der Waals surface area (Å²) in [6, 6.07) is 4.28. The van der Waals surface area contributed by atoms with Crippen LogP contribution in [0.4, 0.5) is 0 Å². The van der Waals surface area contributed by atoms with Crippen molar-refractivity contribution in [1.29, 1.82) is 0 Å². The molecule has 0 spiro atoms. The largest absolute Gasteiger partial charge is 0.355 e. The van der Waals surface area contributed by atoms with Gasteiger partial charge in [-0.15, -0.1) is 0 Å². The van der Waals surface area contributed by atoms with Crippen LogP contribution in [0.5, 0.6) is 0 Å². The summed E-state index contributed by atoms with van der Waals surface area (Å²) >= 11 is 12.1. The van der Waals surface area contributed by atoms with Gasteiger partial charge in [0, 0.05) is 54.9 Å². The second-order valence-electron chi connectivity index (χ2n) is 7.77. The molecule has 164 valence electrons. The van der Waals surface area contributed by atoms with Gasteiger partial charge in [-0.1, -0.05) is 30.1 Å². The van der Waals surface area contributed by atoms with Gasteiger partial charge in [0.2, 0.25) is 11.8 Å². The molecule has 7 nitrogen and oxygen atoms in total. The van der Waals surface area contributed by atoms with Crippen LogP contribution in [-0.2, 0) is 9.59 Å². The number of carbonyl (C=O) groups is 3. The van der Waals surface area contributed by atoms with Crippen LogP contribution >= 0.6 is 23.2 Å². The summed E-state index contributed by atoms with van der Waals surface area (Å²) in [6.07, 6.45) is 2.35. The van der Waals surface area contributed by atoms with E-state index in [0.717, 1.165) is 12.8 Å². The van der Waals surface area contributed by atoms with E-state index in [2.05, 4.69) is 10.2 Å². The molecule has 1 aromatic rings. The predicted molar refractivity (Wildman–Crippen MR) is 117 cm³/mol. The normalized spacial score (nSPS) is 19.8. The summed E-state index contributed by atoms with van der Waals surface area (Å²) in [7, 11) is 0. The molecule has 1 N–H and O–H groups in total. The minimum absolute atomic E-state index is 0.0179. The summed E-state index contributed by atoms with van der Waals surface area (Å²) in [5, 5.41) is 3.67. The molecule has 3 rings (SSSR count). The van der Waals surface area contributed by atoms with Gasteiger partial charge in [-0.25, -0.2) is 0 Å². The van der Waals surface area contributed by atoms with Crippen molar-refractivity contribution in [2.24, 2.45) is 0 Å². The molecule has 1 unspecified atom stereocenters. The fourth-order valence-electron chi connectivity index (χ4n) is 3.97. The Morgan fingerprint density at radius 3 is 2.33 bits per heavy atom. The highest BCUT2D eigenvalue weighted by Crippen LogP contribution is 2.25. The smallest absolute Gasteiger partial charge is 0.254 e. The van der Waals surface area contributed by atoms with E-state index >= 15 is 0 Å². The topological polar surface area (TPSA) is 73.0 Å². The highest BCUT2D eigenvalue weighted by Gasteiger charge is 2.37. The number of halogens is 2. The third kappa shape index (κ3) is 5.65. The van der Waals surface area contributed by atoms with Crippen LogP contribution in [0.2, 0.25) is 10.0 Å². The van der Waals surface area contributed by atoms with Crippen molar-refractivity contribution < 1.29 is 14.4 Å². The third-order valence-corrected chi connectivity index (χ3v) is 5.97. The van der Waals surface area contributed by atoms with Crippen LogP contribution in [-0.4, -0.2) is 84.3 Å². The molecule has 0 bridgehead atoms. The fraction of sp³-hybridized carbons (Fsp3) is 0.571. The Balaban J connectivity index is 1.57. The maximum atomic E-state index is 13.1. The van der Waals surface area contributed by atoms with Crippen LogP contribution in [0.3, 0.4) is 0 Å². The average Bonchev–Trinajstić information content (AvgIpc) is 3.21. The molecule has 0 aromatic heterocycles. The number of nitrogens with one attached hydrogen (secondary N) is 1. The lowest BCUT2D eigenvalue weighted by molar-refractivity contribution is -0.137. The number of hydrogen-bond acceptors (Lipinski definition) is 4. The van der Waals surface area contributed by atoms with Gasteiger partial charge in [-0.3, -0.25) is 19.3 Å². The molecule has 9 heteroatoms. The maximum Gasteiger partial charge on any atom is 0.254 e. The van der Waals surface area contributed by atoms with Crippen LogP contribution in [0.15, 0.2) is 18.2 Å². The molecule has 0 saturated carbocycles. The van der Waals surface area contributed by atoms with E-state index in [4.69, 9.17) is 23.2 Å². The molecule has 1 aromatic carbocycles. The first-order valence-electron chi connectivity index (χ1n) is 10.4. The molecular weight excluding hydrogens is 427 g/mol. The summed E-state index contributed by atoms with van der Waals surface area (Å²) < 4.78 is 0. The fourth-order valence-corrected chi connectivity index (χ4v) is 4.50. The molecule has 2 aliphatic rings. The second kappa shape index (κ2) is 10.5. The quantitative estimate of drug-likeness (QED) is 0.715. The summed E-state index contributed by atoms with van der Waals surface area (Å²) in [4.78, 5) is 43.5. The molecular formula is C21H28Cl2N4O3. The minimum atomic E-state index is -0.463. The lowest BCUT2D eigenvalue weighted by Crippen LogP contribution is -2.55.